The number of hydrogen-bond donors (Lipinski definition) is 2. The fraction of sp³-hybridized carbons (Fsp3) is 0.0435. The smallest absolute Gasteiger partial charge is 0.291 e. The molecule has 0 aliphatic carbocycles. The number of carbonyl (C=O) groups is 2. The second-order valence-electron chi connectivity index (χ2n) is 6.47. The third kappa shape index (κ3) is 4.52. The highest BCUT2D eigenvalue weighted by molar-refractivity contribution is 9.10. The first-order valence-electron chi connectivity index (χ1n) is 9.16. The van der Waals surface area contributed by atoms with E-state index in [2.05, 4.69) is 26.6 Å². The molecule has 0 fully saturated rings. The summed E-state index contributed by atoms with van der Waals surface area (Å²) in [6.07, 6.45) is 1.58. The molecule has 1 atom stereocenters. The van der Waals surface area contributed by atoms with E-state index in [-0.39, 0.29) is 17.6 Å². The molecule has 2 aromatic carbocycles. The van der Waals surface area contributed by atoms with Gasteiger partial charge in [0.1, 0.15) is 11.8 Å². The average molecular weight is 465 g/mol. The van der Waals surface area contributed by atoms with Crippen LogP contribution in [0.3, 0.4) is 0 Å². The highest BCUT2D eigenvalue weighted by Crippen LogP contribution is 2.23. The molecule has 2 N–H and O–H groups in total. The van der Waals surface area contributed by atoms with Gasteiger partial charge in [0.05, 0.1) is 6.26 Å². The predicted molar refractivity (Wildman–Crippen MR) is 115 cm³/mol. The largest absolute Gasteiger partial charge is 0.467 e. The lowest BCUT2D eigenvalue weighted by molar-refractivity contribution is 0.0938. The lowest BCUT2D eigenvalue weighted by Crippen LogP contribution is -2.29. The Hall–Kier alpha value is -3.58. The molecule has 0 saturated carbocycles. The number of rotatable bonds is 6. The summed E-state index contributed by atoms with van der Waals surface area (Å²) >= 11 is 3.16. The Kier molecular flexibility index (Phi) is 5.81. The van der Waals surface area contributed by atoms with Crippen LogP contribution >= 0.6 is 15.9 Å². The molecule has 1 unspecified atom stereocenters. The maximum Gasteiger partial charge on any atom is 0.291 e. The van der Waals surface area contributed by atoms with Crippen LogP contribution < -0.4 is 10.6 Å². The molecule has 30 heavy (non-hydrogen) atoms. The summed E-state index contributed by atoms with van der Waals surface area (Å²) in [5.41, 5.74) is 1.92. The van der Waals surface area contributed by atoms with E-state index in [9.17, 15) is 9.59 Å². The topological polar surface area (TPSA) is 84.5 Å². The highest BCUT2D eigenvalue weighted by Gasteiger charge is 2.20. The minimum absolute atomic E-state index is 0.188. The van der Waals surface area contributed by atoms with Crippen molar-refractivity contribution in [1.82, 2.24) is 5.32 Å². The maximum atomic E-state index is 12.8. The average Bonchev–Trinajstić information content (AvgIpc) is 3.45. The van der Waals surface area contributed by atoms with Crippen molar-refractivity contribution in [2.45, 2.75) is 6.04 Å². The third-order valence-corrected chi connectivity index (χ3v) is 4.86. The zero-order chi connectivity index (χ0) is 20.9. The Balaban J connectivity index is 1.47. The van der Waals surface area contributed by atoms with Crippen LogP contribution in [0, 0.1) is 0 Å². The van der Waals surface area contributed by atoms with Crippen LogP contribution in [0.15, 0.2) is 98.6 Å². The van der Waals surface area contributed by atoms with Crippen molar-refractivity contribution in [3.8, 4) is 0 Å². The minimum atomic E-state index is -0.412. The summed E-state index contributed by atoms with van der Waals surface area (Å²) < 4.78 is 11.2. The molecule has 2 amide bonds. The van der Waals surface area contributed by atoms with Gasteiger partial charge in [0.15, 0.2) is 10.4 Å². The van der Waals surface area contributed by atoms with Gasteiger partial charge in [0.2, 0.25) is 0 Å². The van der Waals surface area contributed by atoms with Crippen molar-refractivity contribution in [2.75, 3.05) is 5.32 Å². The highest BCUT2D eigenvalue weighted by atomic mass is 79.9. The molecular weight excluding hydrogens is 448 g/mol. The monoisotopic (exact) mass is 464 g/mol. The van der Waals surface area contributed by atoms with Crippen molar-refractivity contribution in [1.29, 1.82) is 0 Å². The van der Waals surface area contributed by atoms with Gasteiger partial charge in [-0.1, -0.05) is 30.3 Å². The second-order valence-corrected chi connectivity index (χ2v) is 7.25. The van der Waals surface area contributed by atoms with E-state index in [0.29, 0.717) is 21.7 Å². The number of anilines is 1. The van der Waals surface area contributed by atoms with E-state index in [0.717, 1.165) is 5.56 Å². The van der Waals surface area contributed by atoms with Crippen LogP contribution in [-0.2, 0) is 0 Å². The van der Waals surface area contributed by atoms with E-state index in [1.165, 1.54) is 0 Å². The van der Waals surface area contributed by atoms with E-state index >= 15 is 0 Å². The Morgan fingerprint density at radius 2 is 1.60 bits per heavy atom. The Morgan fingerprint density at radius 3 is 2.23 bits per heavy atom. The van der Waals surface area contributed by atoms with Crippen LogP contribution in [0.5, 0.6) is 0 Å². The number of carbonyl (C=O) groups excluding carboxylic acids is 2. The SMILES string of the molecule is O=C(NC(c1ccccc1)c1ccco1)c1ccc(NC(=O)c2ccc(Br)o2)cc1. The van der Waals surface area contributed by atoms with Crippen LogP contribution in [0.4, 0.5) is 5.69 Å². The molecule has 6 nitrogen and oxygen atoms in total. The number of amides is 2. The van der Waals surface area contributed by atoms with E-state index in [4.69, 9.17) is 8.83 Å². The fourth-order valence-corrected chi connectivity index (χ4v) is 3.27. The van der Waals surface area contributed by atoms with Gasteiger partial charge in [0.25, 0.3) is 11.8 Å². The molecule has 2 heterocycles. The van der Waals surface area contributed by atoms with Gasteiger partial charge in [-0.2, -0.15) is 0 Å². The van der Waals surface area contributed by atoms with Gasteiger partial charge in [-0.3, -0.25) is 9.59 Å². The van der Waals surface area contributed by atoms with Crippen LogP contribution in [0.2, 0.25) is 0 Å². The standard InChI is InChI=1S/C23H17BrN2O4/c24-20-13-12-19(30-20)23(28)25-17-10-8-16(9-11-17)22(27)26-21(18-7-4-14-29-18)15-5-2-1-3-6-15/h1-14,21H,(H,25,28)(H,26,27). The number of hydrogen-bond acceptors (Lipinski definition) is 4. The molecule has 4 rings (SSSR count). The van der Waals surface area contributed by atoms with E-state index < -0.39 is 6.04 Å². The Labute approximate surface area is 181 Å². The molecule has 2 aromatic heterocycles. The quantitative estimate of drug-likeness (QED) is 0.399. The summed E-state index contributed by atoms with van der Waals surface area (Å²) in [7, 11) is 0. The van der Waals surface area contributed by atoms with Gasteiger partial charge in [-0.25, -0.2) is 0 Å². The molecule has 4 aromatic rings. The fourth-order valence-electron chi connectivity index (χ4n) is 2.97. The van der Waals surface area contributed by atoms with Crippen LogP contribution in [0.25, 0.3) is 0 Å². The lowest BCUT2D eigenvalue weighted by Gasteiger charge is -2.17. The molecule has 0 spiro atoms. The van der Waals surface area contributed by atoms with Gasteiger partial charge in [-0.05, 0) is 70.0 Å². The van der Waals surface area contributed by atoms with Crippen molar-refractivity contribution in [2.24, 2.45) is 0 Å². The molecule has 0 aliphatic heterocycles. The van der Waals surface area contributed by atoms with Crippen molar-refractivity contribution < 1.29 is 18.4 Å². The molecule has 0 saturated heterocycles. The molecule has 150 valence electrons. The summed E-state index contributed by atoms with van der Waals surface area (Å²) in [6.45, 7) is 0. The van der Waals surface area contributed by atoms with E-state index in [1.807, 2.05) is 36.4 Å². The van der Waals surface area contributed by atoms with Crippen LogP contribution in [-0.4, -0.2) is 11.8 Å². The maximum absolute atomic E-state index is 12.8. The van der Waals surface area contributed by atoms with Gasteiger partial charge < -0.3 is 19.5 Å². The van der Waals surface area contributed by atoms with Crippen LogP contribution in [0.1, 0.15) is 38.3 Å². The molecule has 7 heteroatoms. The zero-order valence-electron chi connectivity index (χ0n) is 15.7. The molecule has 0 radical (unpaired) electrons. The van der Waals surface area contributed by atoms with Gasteiger partial charge in [-0.15, -0.1) is 0 Å². The first-order chi connectivity index (χ1) is 14.6. The Morgan fingerprint density at radius 1 is 0.833 bits per heavy atom. The molecule has 0 aliphatic rings. The summed E-state index contributed by atoms with van der Waals surface area (Å²) in [4.78, 5) is 25.0. The number of nitrogens with one attached hydrogen (secondary N) is 2. The first kappa shape index (κ1) is 19.7. The summed E-state index contributed by atoms with van der Waals surface area (Å²) in [5, 5.41) is 5.73. The minimum Gasteiger partial charge on any atom is -0.467 e. The predicted octanol–water partition coefficient (Wildman–Crippen LogP) is 5.41. The van der Waals surface area contributed by atoms with E-state index in [1.54, 1.807) is 48.7 Å². The normalized spacial score (nSPS) is 11.6. The zero-order valence-corrected chi connectivity index (χ0v) is 17.3. The first-order valence-corrected chi connectivity index (χ1v) is 9.95. The summed E-state index contributed by atoms with van der Waals surface area (Å²) in [6, 6.07) is 22.6. The summed E-state index contributed by atoms with van der Waals surface area (Å²) in [5.74, 6) is 0.198. The second kappa shape index (κ2) is 8.84. The number of furan rings is 2. The third-order valence-electron chi connectivity index (χ3n) is 4.44. The van der Waals surface area contributed by atoms with Crippen molar-refractivity contribution in [3.63, 3.8) is 0 Å². The van der Waals surface area contributed by atoms with Crippen molar-refractivity contribution in [3.05, 3.63) is 112 Å². The lowest BCUT2D eigenvalue weighted by atomic mass is 10.0. The Bertz CT molecular complexity index is 1140. The number of halogens is 1. The van der Waals surface area contributed by atoms with Gasteiger partial charge in [0, 0.05) is 11.3 Å². The molecule has 0 bridgehead atoms. The number of benzene rings is 2. The van der Waals surface area contributed by atoms with Gasteiger partial charge >= 0.3 is 0 Å². The van der Waals surface area contributed by atoms with Crippen molar-refractivity contribution >= 4 is 33.4 Å². The molecular formula is C23H17BrN2O4.